The minimum absolute atomic E-state index is 0.133. The third kappa shape index (κ3) is 0.730. The van der Waals surface area contributed by atoms with Gasteiger partial charge in [0.05, 0.1) is 0 Å². The van der Waals surface area contributed by atoms with Crippen LogP contribution < -0.4 is 5.43 Å². The standard InChI is InChI=1S/C4H3N5S/c10-4-5-1-2-3(6-4)8-9-7-2/h1-2H,(H,6,7,8,10). The quantitative estimate of drug-likeness (QED) is 0.501. The third-order valence-electron chi connectivity index (χ3n) is 1.17. The Morgan fingerprint density at radius 3 is 3.40 bits per heavy atom. The summed E-state index contributed by atoms with van der Waals surface area (Å²) in [5.41, 5.74) is 2.62. The fourth-order valence-corrected chi connectivity index (χ4v) is 0.880. The minimum atomic E-state index is -0.133. The van der Waals surface area contributed by atoms with Crippen molar-refractivity contribution in [3.63, 3.8) is 0 Å². The van der Waals surface area contributed by atoms with E-state index in [9.17, 15) is 0 Å². The monoisotopic (exact) mass is 153 g/mol. The molecule has 0 aliphatic carbocycles. The van der Waals surface area contributed by atoms with Crippen LogP contribution in [0.3, 0.4) is 0 Å². The van der Waals surface area contributed by atoms with Crippen molar-refractivity contribution in [3.8, 4) is 0 Å². The van der Waals surface area contributed by atoms with Crippen LogP contribution in [0.1, 0.15) is 0 Å². The Labute approximate surface area is 61.9 Å². The Morgan fingerprint density at radius 2 is 2.50 bits per heavy atom. The number of amidine groups is 1. The molecule has 0 aromatic carbocycles. The van der Waals surface area contributed by atoms with Gasteiger partial charge in [-0.25, -0.2) is 15.4 Å². The molecule has 0 bridgehead atoms. The van der Waals surface area contributed by atoms with Gasteiger partial charge in [0.2, 0.25) is 5.11 Å². The number of aliphatic imine (C=N–C) groups is 2. The Balaban J connectivity index is 2.36. The van der Waals surface area contributed by atoms with Gasteiger partial charge in [0.25, 0.3) is 0 Å². The second-order valence-corrected chi connectivity index (χ2v) is 2.20. The molecule has 0 saturated heterocycles. The van der Waals surface area contributed by atoms with Crippen molar-refractivity contribution in [2.24, 2.45) is 20.3 Å². The molecule has 0 aromatic heterocycles. The molecule has 50 valence electrons. The highest BCUT2D eigenvalue weighted by atomic mass is 32.1. The minimum Gasteiger partial charge on any atom is -0.244 e. The maximum Gasteiger partial charge on any atom is 0.220 e. The number of nitrogens with zero attached hydrogens (tertiary/aromatic N) is 4. The van der Waals surface area contributed by atoms with E-state index in [2.05, 4.69) is 25.7 Å². The summed E-state index contributed by atoms with van der Waals surface area (Å²) in [5.74, 6) is 0.667. The van der Waals surface area contributed by atoms with Crippen molar-refractivity contribution in [2.45, 2.75) is 6.04 Å². The summed E-state index contributed by atoms with van der Waals surface area (Å²) in [6, 6.07) is -0.133. The number of thiocarbonyl (C=S) groups is 1. The van der Waals surface area contributed by atoms with E-state index in [1.807, 2.05) is 0 Å². The highest BCUT2D eigenvalue weighted by molar-refractivity contribution is 7.80. The summed E-state index contributed by atoms with van der Waals surface area (Å²) in [6.45, 7) is 0. The van der Waals surface area contributed by atoms with E-state index in [1.54, 1.807) is 6.21 Å². The molecule has 0 amide bonds. The van der Waals surface area contributed by atoms with Crippen LogP contribution in [0.15, 0.2) is 20.3 Å². The first-order valence-electron chi connectivity index (χ1n) is 2.69. The number of nitrogens with one attached hydrogen (secondary N) is 1. The third-order valence-corrected chi connectivity index (χ3v) is 1.37. The molecular formula is C4H3N5S. The summed E-state index contributed by atoms with van der Waals surface area (Å²) >= 11 is 4.72. The van der Waals surface area contributed by atoms with E-state index < -0.39 is 0 Å². The van der Waals surface area contributed by atoms with Crippen molar-refractivity contribution < 1.29 is 0 Å². The average molecular weight is 153 g/mol. The molecule has 5 nitrogen and oxygen atoms in total. The zero-order valence-corrected chi connectivity index (χ0v) is 5.67. The van der Waals surface area contributed by atoms with Gasteiger partial charge in [-0.2, -0.15) is 5.11 Å². The predicted molar refractivity (Wildman–Crippen MR) is 40.3 cm³/mol. The molecule has 0 fully saturated rings. The van der Waals surface area contributed by atoms with E-state index in [1.165, 1.54) is 0 Å². The summed E-state index contributed by atoms with van der Waals surface area (Å²) in [6.07, 6.45) is 1.62. The summed E-state index contributed by atoms with van der Waals surface area (Å²) in [5, 5.41) is 7.65. The highest BCUT2D eigenvalue weighted by Gasteiger charge is 2.21. The smallest absolute Gasteiger partial charge is 0.220 e. The first-order valence-corrected chi connectivity index (χ1v) is 3.10. The molecular weight excluding hydrogens is 150 g/mol. The van der Waals surface area contributed by atoms with Gasteiger partial charge in [0.1, 0.15) is 0 Å². The van der Waals surface area contributed by atoms with Gasteiger partial charge < -0.3 is 0 Å². The van der Waals surface area contributed by atoms with Gasteiger partial charge in [0, 0.05) is 6.21 Å². The van der Waals surface area contributed by atoms with Crippen LogP contribution in [-0.2, 0) is 0 Å². The van der Waals surface area contributed by atoms with Gasteiger partial charge in [-0.15, -0.1) is 0 Å². The van der Waals surface area contributed by atoms with Crippen LogP contribution in [0.25, 0.3) is 0 Å². The Hall–Kier alpha value is -1.17. The van der Waals surface area contributed by atoms with Crippen LogP contribution in [0, 0.1) is 0 Å². The van der Waals surface area contributed by atoms with Crippen molar-refractivity contribution >= 4 is 29.4 Å². The second kappa shape index (κ2) is 1.91. The molecule has 2 rings (SSSR count). The van der Waals surface area contributed by atoms with Gasteiger partial charge >= 0.3 is 0 Å². The molecule has 10 heavy (non-hydrogen) atoms. The lowest BCUT2D eigenvalue weighted by Gasteiger charge is -2.03. The number of rotatable bonds is 0. The maximum absolute atomic E-state index is 4.72. The molecule has 1 unspecified atom stereocenters. The van der Waals surface area contributed by atoms with E-state index in [-0.39, 0.29) is 6.04 Å². The first kappa shape index (κ1) is 5.60. The molecule has 2 heterocycles. The summed E-state index contributed by atoms with van der Waals surface area (Å²) in [7, 11) is 0. The van der Waals surface area contributed by atoms with E-state index in [0.29, 0.717) is 10.9 Å². The van der Waals surface area contributed by atoms with Crippen molar-refractivity contribution in [1.29, 1.82) is 0 Å². The fourth-order valence-electron chi connectivity index (χ4n) is 0.721. The topological polar surface area (TPSA) is 61.5 Å². The lowest BCUT2D eigenvalue weighted by molar-refractivity contribution is 0.955. The Morgan fingerprint density at radius 1 is 1.60 bits per heavy atom. The maximum atomic E-state index is 4.72. The zero-order valence-electron chi connectivity index (χ0n) is 4.85. The molecule has 2 aliphatic rings. The van der Waals surface area contributed by atoms with E-state index >= 15 is 0 Å². The summed E-state index contributed by atoms with van der Waals surface area (Å²) in [4.78, 5) is 7.69. The Kier molecular flexibility index (Phi) is 1.07. The molecule has 0 radical (unpaired) electrons. The molecule has 0 aromatic rings. The zero-order chi connectivity index (χ0) is 6.97. The van der Waals surface area contributed by atoms with E-state index in [4.69, 9.17) is 12.2 Å². The number of fused-ring (bicyclic) bond motifs is 1. The average Bonchev–Trinajstić information content (AvgIpc) is 2.33. The predicted octanol–water partition coefficient (Wildman–Crippen LogP) is 0.0932. The van der Waals surface area contributed by atoms with Crippen LogP contribution in [0.5, 0.6) is 0 Å². The van der Waals surface area contributed by atoms with E-state index in [0.717, 1.165) is 0 Å². The lowest BCUT2D eigenvalue weighted by atomic mass is 10.3. The summed E-state index contributed by atoms with van der Waals surface area (Å²) < 4.78 is 0. The van der Waals surface area contributed by atoms with Gasteiger partial charge in [-0.1, -0.05) is 5.22 Å². The van der Waals surface area contributed by atoms with Crippen molar-refractivity contribution in [3.05, 3.63) is 0 Å². The van der Waals surface area contributed by atoms with Crippen LogP contribution in [-0.4, -0.2) is 23.2 Å². The molecule has 1 N–H and O–H groups in total. The Bertz CT molecular complexity index is 265. The van der Waals surface area contributed by atoms with Crippen molar-refractivity contribution in [1.82, 2.24) is 5.43 Å². The van der Waals surface area contributed by atoms with Crippen LogP contribution in [0.2, 0.25) is 0 Å². The molecule has 0 saturated carbocycles. The normalized spacial score (nSPS) is 27.8. The number of hydrogen-bond donors (Lipinski definition) is 1. The molecule has 6 heteroatoms. The van der Waals surface area contributed by atoms with Gasteiger partial charge in [-0.3, -0.25) is 0 Å². The largest absolute Gasteiger partial charge is 0.244 e. The molecule has 1 atom stereocenters. The number of hydrogen-bond acceptors (Lipinski definition) is 4. The van der Waals surface area contributed by atoms with Crippen molar-refractivity contribution in [2.75, 3.05) is 0 Å². The lowest BCUT2D eigenvalue weighted by Crippen LogP contribution is -2.28. The second-order valence-electron chi connectivity index (χ2n) is 1.83. The van der Waals surface area contributed by atoms with Crippen LogP contribution in [0.4, 0.5) is 0 Å². The first-order chi connectivity index (χ1) is 4.86. The fraction of sp³-hybridized carbons (Fsp3) is 0.250. The van der Waals surface area contributed by atoms with Crippen LogP contribution >= 0.6 is 12.2 Å². The molecule has 0 spiro atoms. The SMILES string of the molecule is S=C1N=CC2N=NNC2=N1. The van der Waals surface area contributed by atoms with Gasteiger partial charge in [0.15, 0.2) is 11.9 Å². The highest BCUT2D eigenvalue weighted by Crippen LogP contribution is 2.04. The van der Waals surface area contributed by atoms with Gasteiger partial charge in [-0.05, 0) is 12.2 Å². The molecule has 2 aliphatic heterocycles.